The highest BCUT2D eigenvalue weighted by molar-refractivity contribution is 7.98. The maximum atomic E-state index is 11.0. The Morgan fingerprint density at radius 2 is 2.04 bits per heavy atom. The van der Waals surface area contributed by atoms with Crippen LogP contribution in [0.3, 0.4) is 0 Å². The van der Waals surface area contributed by atoms with Crippen LogP contribution in [-0.4, -0.2) is 34.8 Å². The highest BCUT2D eigenvalue weighted by Gasteiger charge is 2.20. The Morgan fingerprint density at radius 1 is 1.35 bits per heavy atom. The van der Waals surface area contributed by atoms with E-state index in [9.17, 15) is 15.3 Å². The van der Waals surface area contributed by atoms with E-state index in [4.69, 9.17) is 5.73 Å². The summed E-state index contributed by atoms with van der Waals surface area (Å²) in [6.07, 6.45) is 3.96. The van der Waals surface area contributed by atoms with Gasteiger partial charge < -0.3 is 10.6 Å². The van der Waals surface area contributed by atoms with Gasteiger partial charge in [-0.1, -0.05) is 6.92 Å². The number of carbonyl (C=O) groups excluding carboxylic acids is 1. The third kappa shape index (κ3) is 4.13. The molecule has 0 aliphatic heterocycles. The van der Waals surface area contributed by atoms with Gasteiger partial charge in [-0.05, 0) is 12.0 Å². The maximum absolute atomic E-state index is 11.0. The Balaban J connectivity index is 2.35. The summed E-state index contributed by atoms with van der Waals surface area (Å²) in [4.78, 5) is 17.3. The molecule has 0 saturated carbocycles. The molecule has 9 heteroatoms. The summed E-state index contributed by atoms with van der Waals surface area (Å²) in [6, 6.07) is 4.36. The molecule has 2 aromatic heterocycles. The number of primary amides is 1. The standard InChI is InChI=1S/C17H19N7OS/c1-4-12-13(5-18)16(23(2)3)22-17(14(12)6-19)26-10-11-7-21-24(8-11)9-15(20)25/h7-8H,4,9-10H2,1-3H3,(H2,20,25). The second-order valence-electron chi connectivity index (χ2n) is 5.74. The van der Waals surface area contributed by atoms with Crippen LogP contribution in [0.15, 0.2) is 17.4 Å². The first-order valence-corrected chi connectivity index (χ1v) is 8.86. The van der Waals surface area contributed by atoms with Crippen molar-refractivity contribution in [3.05, 3.63) is 34.6 Å². The molecule has 0 radical (unpaired) electrons. The number of hydrogen-bond acceptors (Lipinski definition) is 7. The zero-order valence-corrected chi connectivity index (χ0v) is 15.7. The van der Waals surface area contributed by atoms with Crippen LogP contribution < -0.4 is 10.6 Å². The average molecular weight is 369 g/mol. The molecular formula is C17H19N7OS. The van der Waals surface area contributed by atoms with Gasteiger partial charge in [0.2, 0.25) is 5.91 Å². The molecule has 0 bridgehead atoms. The normalized spacial score (nSPS) is 10.2. The summed E-state index contributed by atoms with van der Waals surface area (Å²) < 4.78 is 1.47. The van der Waals surface area contributed by atoms with Crippen molar-refractivity contribution in [3.63, 3.8) is 0 Å². The van der Waals surface area contributed by atoms with E-state index in [1.807, 2.05) is 21.0 Å². The van der Waals surface area contributed by atoms with Gasteiger partial charge in [-0.25, -0.2) is 4.98 Å². The number of aromatic nitrogens is 3. The lowest BCUT2D eigenvalue weighted by atomic mass is 10.0. The fourth-order valence-corrected chi connectivity index (χ4v) is 3.41. The molecule has 0 saturated heterocycles. The molecule has 0 unspecified atom stereocenters. The van der Waals surface area contributed by atoms with Gasteiger partial charge >= 0.3 is 0 Å². The minimum Gasteiger partial charge on any atom is -0.368 e. The summed E-state index contributed by atoms with van der Waals surface area (Å²) in [5.41, 5.74) is 7.62. The predicted octanol–water partition coefficient (Wildman–Crippen LogP) is 1.43. The minimum atomic E-state index is -0.462. The Labute approximate surface area is 156 Å². The Bertz CT molecular complexity index is 905. The van der Waals surface area contributed by atoms with Crippen molar-refractivity contribution in [3.8, 4) is 12.1 Å². The quantitative estimate of drug-likeness (QED) is 0.732. The Hall–Kier alpha value is -3.04. The van der Waals surface area contributed by atoms with Crippen LogP contribution in [0.4, 0.5) is 5.82 Å². The second kappa shape index (κ2) is 8.37. The molecule has 0 spiro atoms. The molecule has 134 valence electrons. The molecule has 8 nitrogen and oxygen atoms in total. The lowest BCUT2D eigenvalue weighted by Crippen LogP contribution is -2.18. The number of pyridine rings is 1. The van der Waals surface area contributed by atoms with Crippen molar-refractivity contribution in [1.82, 2.24) is 14.8 Å². The zero-order valence-electron chi connectivity index (χ0n) is 14.9. The van der Waals surface area contributed by atoms with Crippen LogP contribution >= 0.6 is 11.8 Å². The van der Waals surface area contributed by atoms with Crippen molar-refractivity contribution in [2.24, 2.45) is 5.73 Å². The van der Waals surface area contributed by atoms with Gasteiger partial charge in [-0.3, -0.25) is 9.48 Å². The summed E-state index contributed by atoms with van der Waals surface area (Å²) in [5.74, 6) is 0.619. The molecule has 0 aromatic carbocycles. The number of anilines is 1. The van der Waals surface area contributed by atoms with Crippen molar-refractivity contribution in [2.45, 2.75) is 30.7 Å². The number of nitriles is 2. The summed E-state index contributed by atoms with van der Waals surface area (Å²) in [5, 5.41) is 23.7. The molecule has 26 heavy (non-hydrogen) atoms. The smallest absolute Gasteiger partial charge is 0.239 e. The Morgan fingerprint density at radius 3 is 2.58 bits per heavy atom. The molecule has 2 aromatic rings. The number of hydrogen-bond donors (Lipinski definition) is 1. The number of rotatable bonds is 7. The monoisotopic (exact) mass is 369 g/mol. The van der Waals surface area contributed by atoms with E-state index >= 15 is 0 Å². The highest BCUT2D eigenvalue weighted by Crippen LogP contribution is 2.32. The summed E-state index contributed by atoms with van der Waals surface area (Å²) in [6.45, 7) is 1.94. The van der Waals surface area contributed by atoms with E-state index in [0.717, 1.165) is 5.56 Å². The maximum Gasteiger partial charge on any atom is 0.239 e. The second-order valence-corrected chi connectivity index (χ2v) is 6.71. The number of thioether (sulfide) groups is 1. The molecule has 2 heterocycles. The number of nitrogens with zero attached hydrogens (tertiary/aromatic N) is 6. The molecule has 0 aliphatic carbocycles. The lowest BCUT2D eigenvalue weighted by molar-refractivity contribution is -0.118. The first-order valence-electron chi connectivity index (χ1n) is 7.88. The van der Waals surface area contributed by atoms with Crippen molar-refractivity contribution in [1.29, 1.82) is 10.5 Å². The molecule has 0 fully saturated rings. The van der Waals surface area contributed by atoms with E-state index in [1.165, 1.54) is 16.4 Å². The van der Waals surface area contributed by atoms with Gasteiger partial charge in [0.05, 0.1) is 17.3 Å². The van der Waals surface area contributed by atoms with Gasteiger partial charge in [-0.2, -0.15) is 15.6 Å². The molecule has 0 atom stereocenters. The SMILES string of the molecule is CCc1c(C#N)c(SCc2cnn(CC(N)=O)c2)nc(N(C)C)c1C#N. The van der Waals surface area contributed by atoms with Crippen LogP contribution in [0, 0.1) is 22.7 Å². The van der Waals surface area contributed by atoms with Crippen LogP contribution in [0.5, 0.6) is 0 Å². The van der Waals surface area contributed by atoms with Gasteiger partial charge in [0, 0.05) is 31.6 Å². The van der Waals surface area contributed by atoms with Crippen molar-refractivity contribution < 1.29 is 4.79 Å². The molecule has 0 aliphatic rings. The zero-order chi connectivity index (χ0) is 19.3. The van der Waals surface area contributed by atoms with Gasteiger partial charge in [-0.15, -0.1) is 11.8 Å². The van der Waals surface area contributed by atoms with Crippen molar-refractivity contribution in [2.75, 3.05) is 19.0 Å². The van der Waals surface area contributed by atoms with Crippen LogP contribution in [0.1, 0.15) is 29.2 Å². The largest absolute Gasteiger partial charge is 0.368 e. The van der Waals surface area contributed by atoms with Crippen LogP contribution in [0.25, 0.3) is 0 Å². The molecular weight excluding hydrogens is 350 g/mol. The van der Waals surface area contributed by atoms with E-state index in [0.29, 0.717) is 39.7 Å². The van der Waals surface area contributed by atoms with Crippen LogP contribution in [0.2, 0.25) is 0 Å². The van der Waals surface area contributed by atoms with Crippen molar-refractivity contribution >= 4 is 23.5 Å². The first kappa shape index (κ1) is 19.3. The topological polar surface area (TPSA) is 125 Å². The summed E-state index contributed by atoms with van der Waals surface area (Å²) in [7, 11) is 3.63. The third-order valence-electron chi connectivity index (χ3n) is 3.63. The third-order valence-corrected chi connectivity index (χ3v) is 4.68. The highest BCUT2D eigenvalue weighted by atomic mass is 32.2. The number of amides is 1. The molecule has 2 N–H and O–H groups in total. The van der Waals surface area contributed by atoms with Gasteiger partial charge in [0.1, 0.15) is 29.5 Å². The van der Waals surface area contributed by atoms with E-state index < -0.39 is 5.91 Å². The van der Waals surface area contributed by atoms with E-state index in [1.54, 1.807) is 17.3 Å². The molecule has 2 rings (SSSR count). The lowest BCUT2D eigenvalue weighted by Gasteiger charge is -2.18. The number of nitrogens with two attached hydrogens (primary N) is 1. The summed E-state index contributed by atoms with van der Waals surface area (Å²) >= 11 is 1.40. The predicted molar refractivity (Wildman–Crippen MR) is 98.4 cm³/mol. The van der Waals surface area contributed by atoms with Crippen LogP contribution in [-0.2, 0) is 23.5 Å². The minimum absolute atomic E-state index is 0.0218. The fraction of sp³-hybridized carbons (Fsp3) is 0.353. The molecule has 1 amide bonds. The van der Waals surface area contributed by atoms with Gasteiger partial charge in [0.25, 0.3) is 0 Å². The van der Waals surface area contributed by atoms with E-state index in [-0.39, 0.29) is 6.54 Å². The average Bonchev–Trinajstić information content (AvgIpc) is 3.04. The van der Waals surface area contributed by atoms with Gasteiger partial charge in [0.15, 0.2) is 0 Å². The van der Waals surface area contributed by atoms with E-state index in [2.05, 4.69) is 22.2 Å². The first-order chi connectivity index (χ1) is 12.4. The number of carbonyl (C=O) groups is 1. The fourth-order valence-electron chi connectivity index (χ4n) is 2.49. The Kier molecular flexibility index (Phi) is 6.21.